The van der Waals surface area contributed by atoms with E-state index >= 15 is 0 Å². The van der Waals surface area contributed by atoms with E-state index in [1.807, 2.05) is 50.2 Å². The number of carbonyl (C=O) groups excluding carboxylic acids is 1. The Hall–Kier alpha value is -3.86. The number of para-hydroxylation sites is 1. The molecule has 0 bridgehead atoms. The first-order chi connectivity index (χ1) is 14.5. The third kappa shape index (κ3) is 3.96. The van der Waals surface area contributed by atoms with Gasteiger partial charge in [-0.05, 0) is 61.4 Å². The molecule has 0 fully saturated rings. The smallest absolute Gasteiger partial charge is 0.248 e. The number of rotatable bonds is 5. The zero-order valence-corrected chi connectivity index (χ0v) is 16.8. The van der Waals surface area contributed by atoms with Crippen molar-refractivity contribution in [3.63, 3.8) is 0 Å². The topological polar surface area (TPSA) is 68.5 Å². The summed E-state index contributed by atoms with van der Waals surface area (Å²) in [6.45, 7) is 4.44. The Kier molecular flexibility index (Phi) is 5.35. The number of hydrogen-bond acceptors (Lipinski definition) is 4. The van der Waals surface area contributed by atoms with Gasteiger partial charge in [0.25, 0.3) is 0 Å². The summed E-state index contributed by atoms with van der Waals surface area (Å²) in [5, 5.41) is 3.84. The maximum Gasteiger partial charge on any atom is 0.248 e. The summed E-state index contributed by atoms with van der Waals surface area (Å²) in [6.07, 6.45) is 3.18. The highest BCUT2D eigenvalue weighted by molar-refractivity contribution is 6.03. The van der Waals surface area contributed by atoms with Gasteiger partial charge in [0.15, 0.2) is 0 Å². The van der Waals surface area contributed by atoms with Crippen LogP contribution in [-0.4, -0.2) is 12.5 Å². The molecule has 0 spiro atoms. The minimum Gasteiger partial charge on any atom is -0.494 e. The highest BCUT2D eigenvalue weighted by Gasteiger charge is 2.10. The number of amides is 1. The van der Waals surface area contributed by atoms with Crippen LogP contribution < -0.4 is 15.5 Å². The van der Waals surface area contributed by atoms with Crippen LogP contribution >= 0.6 is 0 Å². The minimum absolute atomic E-state index is 0.0804. The number of carbonyl (C=O) groups is 1. The summed E-state index contributed by atoms with van der Waals surface area (Å²) in [5.41, 5.74) is 3.26. The number of nitrogens with one attached hydrogen (secondary N) is 1. The van der Waals surface area contributed by atoms with Crippen molar-refractivity contribution in [2.24, 2.45) is 0 Å². The monoisotopic (exact) mass is 399 g/mol. The lowest BCUT2D eigenvalue weighted by atomic mass is 10.1. The molecule has 1 aromatic heterocycles. The Morgan fingerprint density at radius 1 is 1.07 bits per heavy atom. The van der Waals surface area contributed by atoms with Gasteiger partial charge in [0.1, 0.15) is 16.9 Å². The van der Waals surface area contributed by atoms with Gasteiger partial charge in [-0.3, -0.25) is 9.59 Å². The fourth-order valence-electron chi connectivity index (χ4n) is 3.29. The van der Waals surface area contributed by atoms with Crippen molar-refractivity contribution in [3.8, 4) is 5.75 Å². The number of hydrogen-bond donors (Lipinski definition) is 1. The highest BCUT2D eigenvalue weighted by Crippen LogP contribution is 2.24. The van der Waals surface area contributed by atoms with Crippen LogP contribution in [0.3, 0.4) is 0 Å². The number of ether oxygens (including phenoxy) is 1. The van der Waals surface area contributed by atoms with Crippen LogP contribution in [0.15, 0.2) is 76.0 Å². The fraction of sp³-hybridized carbons (Fsp3) is 0.120. The zero-order valence-electron chi connectivity index (χ0n) is 16.8. The first kappa shape index (κ1) is 19.5. The summed E-state index contributed by atoms with van der Waals surface area (Å²) in [6, 6.07) is 18.0. The number of aryl methyl sites for hydroxylation is 1. The first-order valence-electron chi connectivity index (χ1n) is 9.73. The molecule has 150 valence electrons. The lowest BCUT2D eigenvalue weighted by Crippen LogP contribution is -2.08. The average Bonchev–Trinajstić information content (AvgIpc) is 2.74. The molecule has 30 heavy (non-hydrogen) atoms. The molecule has 0 saturated heterocycles. The standard InChI is InChI=1S/C25H21NO4/c1-3-29-19-11-7-17(8-12-19)9-14-23(27)26-18-10-13-20-22(15-18)30-25-16(2)5-4-6-21(25)24(20)28/h4-15H,3H2,1-2H3,(H,26,27)/b14-9+. The van der Waals surface area contributed by atoms with Crippen molar-refractivity contribution in [1.82, 2.24) is 0 Å². The van der Waals surface area contributed by atoms with Crippen LogP contribution in [0.4, 0.5) is 5.69 Å². The molecule has 3 aromatic carbocycles. The molecule has 4 rings (SSSR count). The van der Waals surface area contributed by atoms with Gasteiger partial charge < -0.3 is 14.5 Å². The molecular formula is C25H21NO4. The predicted molar refractivity (Wildman–Crippen MR) is 120 cm³/mol. The third-order valence-electron chi connectivity index (χ3n) is 4.78. The maximum atomic E-state index is 12.7. The van der Waals surface area contributed by atoms with Gasteiger partial charge in [0.05, 0.1) is 17.4 Å². The van der Waals surface area contributed by atoms with E-state index in [2.05, 4.69) is 5.32 Å². The van der Waals surface area contributed by atoms with Crippen LogP contribution in [0.25, 0.3) is 28.0 Å². The van der Waals surface area contributed by atoms with Crippen molar-refractivity contribution in [3.05, 3.63) is 88.1 Å². The van der Waals surface area contributed by atoms with E-state index in [4.69, 9.17) is 9.15 Å². The van der Waals surface area contributed by atoms with Crippen LogP contribution in [0.1, 0.15) is 18.1 Å². The van der Waals surface area contributed by atoms with Crippen LogP contribution in [0.2, 0.25) is 0 Å². The molecule has 0 unspecified atom stereocenters. The van der Waals surface area contributed by atoms with Crippen LogP contribution in [0.5, 0.6) is 5.75 Å². The average molecular weight is 399 g/mol. The van der Waals surface area contributed by atoms with Gasteiger partial charge in [0.2, 0.25) is 11.3 Å². The van der Waals surface area contributed by atoms with Crippen molar-refractivity contribution in [2.75, 3.05) is 11.9 Å². The van der Waals surface area contributed by atoms with E-state index in [9.17, 15) is 9.59 Å². The minimum atomic E-state index is -0.275. The Morgan fingerprint density at radius 3 is 2.63 bits per heavy atom. The van der Waals surface area contributed by atoms with Crippen molar-refractivity contribution in [1.29, 1.82) is 0 Å². The van der Waals surface area contributed by atoms with E-state index in [-0.39, 0.29) is 11.3 Å². The van der Waals surface area contributed by atoms with Gasteiger partial charge in [-0.25, -0.2) is 0 Å². The van der Waals surface area contributed by atoms with Crippen molar-refractivity contribution in [2.45, 2.75) is 13.8 Å². The van der Waals surface area contributed by atoms with Gasteiger partial charge in [-0.1, -0.05) is 24.3 Å². The zero-order chi connectivity index (χ0) is 21.1. The fourth-order valence-corrected chi connectivity index (χ4v) is 3.29. The third-order valence-corrected chi connectivity index (χ3v) is 4.78. The Morgan fingerprint density at radius 2 is 1.87 bits per heavy atom. The molecule has 5 nitrogen and oxygen atoms in total. The second-order valence-corrected chi connectivity index (χ2v) is 6.92. The normalized spacial score (nSPS) is 11.3. The Bertz CT molecular complexity index is 1320. The SMILES string of the molecule is CCOc1ccc(/C=C/C(=O)Nc2ccc3c(=O)c4cccc(C)c4oc3c2)cc1. The van der Waals surface area contributed by atoms with E-state index in [0.717, 1.165) is 16.9 Å². The van der Waals surface area contributed by atoms with Gasteiger partial charge in [-0.2, -0.15) is 0 Å². The molecule has 0 aliphatic carbocycles. The van der Waals surface area contributed by atoms with E-state index in [1.54, 1.807) is 30.3 Å². The summed E-state index contributed by atoms with van der Waals surface area (Å²) in [4.78, 5) is 25.0. The second-order valence-electron chi connectivity index (χ2n) is 6.92. The molecule has 0 atom stereocenters. The summed E-state index contributed by atoms with van der Waals surface area (Å²) in [5.74, 6) is 0.516. The number of anilines is 1. The molecule has 0 aliphatic rings. The molecule has 0 radical (unpaired) electrons. The Balaban J connectivity index is 1.56. The second kappa shape index (κ2) is 8.25. The molecule has 0 aliphatic heterocycles. The predicted octanol–water partition coefficient (Wildman–Crippen LogP) is 5.31. The molecule has 1 heterocycles. The molecule has 1 N–H and O–H groups in total. The summed E-state index contributed by atoms with van der Waals surface area (Å²) >= 11 is 0. The van der Waals surface area contributed by atoms with E-state index < -0.39 is 0 Å². The highest BCUT2D eigenvalue weighted by atomic mass is 16.5. The molecule has 4 aromatic rings. The first-order valence-corrected chi connectivity index (χ1v) is 9.73. The summed E-state index contributed by atoms with van der Waals surface area (Å²) in [7, 11) is 0. The lowest BCUT2D eigenvalue weighted by molar-refractivity contribution is -0.111. The van der Waals surface area contributed by atoms with Gasteiger partial charge in [0, 0.05) is 17.8 Å². The maximum absolute atomic E-state index is 12.7. The lowest BCUT2D eigenvalue weighted by Gasteiger charge is -2.06. The van der Waals surface area contributed by atoms with Crippen molar-refractivity contribution < 1.29 is 13.9 Å². The largest absolute Gasteiger partial charge is 0.494 e. The van der Waals surface area contributed by atoms with E-state index in [1.165, 1.54) is 6.08 Å². The quantitative estimate of drug-likeness (QED) is 0.365. The summed E-state index contributed by atoms with van der Waals surface area (Å²) < 4.78 is 11.4. The molecule has 5 heteroatoms. The van der Waals surface area contributed by atoms with Gasteiger partial charge >= 0.3 is 0 Å². The van der Waals surface area contributed by atoms with E-state index in [0.29, 0.717) is 34.2 Å². The number of benzene rings is 3. The molecule has 0 saturated carbocycles. The van der Waals surface area contributed by atoms with Crippen LogP contribution in [-0.2, 0) is 4.79 Å². The number of fused-ring (bicyclic) bond motifs is 2. The van der Waals surface area contributed by atoms with Gasteiger partial charge in [-0.15, -0.1) is 0 Å². The van der Waals surface area contributed by atoms with Crippen molar-refractivity contribution >= 4 is 39.6 Å². The van der Waals surface area contributed by atoms with Crippen LogP contribution in [0, 0.1) is 6.92 Å². The molecule has 1 amide bonds. The Labute approximate surface area is 173 Å². The molecular weight excluding hydrogens is 378 g/mol.